The van der Waals surface area contributed by atoms with E-state index in [4.69, 9.17) is 18.9 Å². The summed E-state index contributed by atoms with van der Waals surface area (Å²) < 4.78 is 21.5. The fourth-order valence-corrected chi connectivity index (χ4v) is 3.79. The highest BCUT2D eigenvalue weighted by Crippen LogP contribution is 2.32. The van der Waals surface area contributed by atoms with Gasteiger partial charge in [-0.2, -0.15) is 0 Å². The van der Waals surface area contributed by atoms with E-state index in [1.165, 1.54) is 4.90 Å². The number of benzene rings is 2. The van der Waals surface area contributed by atoms with Crippen molar-refractivity contribution < 1.29 is 28.5 Å². The second-order valence-electron chi connectivity index (χ2n) is 7.34. The summed E-state index contributed by atoms with van der Waals surface area (Å²) in [4.78, 5) is 29.8. The van der Waals surface area contributed by atoms with Gasteiger partial charge in [0, 0.05) is 13.1 Å². The van der Waals surface area contributed by atoms with Crippen LogP contribution in [0, 0.1) is 0 Å². The standard InChI is InChI=1S/C24H26N2O6/c1-29-18-5-3-17(4-6-18)21-22(25-11-14-31-15-12-25)24(28)26(23(21)27)13-16-32-20-9-7-19(30-2)8-10-20/h3-10H,11-16H2,1-2H3. The summed E-state index contributed by atoms with van der Waals surface area (Å²) in [6, 6.07) is 14.3. The molecule has 0 N–H and O–H groups in total. The summed E-state index contributed by atoms with van der Waals surface area (Å²) in [5, 5.41) is 0. The lowest BCUT2D eigenvalue weighted by atomic mass is 10.0. The zero-order chi connectivity index (χ0) is 22.5. The van der Waals surface area contributed by atoms with E-state index in [-0.39, 0.29) is 25.0 Å². The van der Waals surface area contributed by atoms with E-state index in [9.17, 15) is 9.59 Å². The molecule has 0 aromatic heterocycles. The highest BCUT2D eigenvalue weighted by Gasteiger charge is 2.41. The maximum atomic E-state index is 13.3. The zero-order valence-electron chi connectivity index (χ0n) is 18.2. The van der Waals surface area contributed by atoms with Crippen LogP contribution in [0.25, 0.3) is 5.57 Å². The van der Waals surface area contributed by atoms with E-state index >= 15 is 0 Å². The Morgan fingerprint density at radius 2 is 1.38 bits per heavy atom. The van der Waals surface area contributed by atoms with E-state index < -0.39 is 0 Å². The summed E-state index contributed by atoms with van der Waals surface area (Å²) >= 11 is 0. The number of imide groups is 1. The molecule has 2 aromatic carbocycles. The number of ether oxygens (including phenoxy) is 4. The second-order valence-corrected chi connectivity index (χ2v) is 7.34. The molecule has 0 radical (unpaired) electrons. The third-order valence-electron chi connectivity index (χ3n) is 5.49. The number of carbonyl (C=O) groups excluding carboxylic acids is 2. The monoisotopic (exact) mass is 438 g/mol. The lowest BCUT2D eigenvalue weighted by Crippen LogP contribution is -2.41. The van der Waals surface area contributed by atoms with E-state index in [1.807, 2.05) is 4.90 Å². The molecule has 2 aliphatic rings. The Hall–Kier alpha value is -3.52. The Kier molecular flexibility index (Phi) is 6.61. The van der Waals surface area contributed by atoms with Crippen LogP contribution in [-0.2, 0) is 14.3 Å². The molecule has 8 nitrogen and oxygen atoms in total. The Labute approximate surface area is 186 Å². The third kappa shape index (κ3) is 4.40. The van der Waals surface area contributed by atoms with Crippen LogP contribution in [0.3, 0.4) is 0 Å². The normalized spacial score (nSPS) is 16.6. The van der Waals surface area contributed by atoms with Crippen molar-refractivity contribution in [1.29, 1.82) is 0 Å². The van der Waals surface area contributed by atoms with Crippen molar-refractivity contribution in [2.24, 2.45) is 0 Å². The predicted molar refractivity (Wildman–Crippen MR) is 118 cm³/mol. The summed E-state index contributed by atoms with van der Waals surface area (Å²) in [5.41, 5.74) is 1.51. The van der Waals surface area contributed by atoms with Gasteiger partial charge in [-0.15, -0.1) is 0 Å². The van der Waals surface area contributed by atoms with Crippen LogP contribution < -0.4 is 14.2 Å². The van der Waals surface area contributed by atoms with Gasteiger partial charge in [-0.1, -0.05) is 12.1 Å². The van der Waals surface area contributed by atoms with Crippen molar-refractivity contribution in [2.45, 2.75) is 0 Å². The molecule has 0 bridgehead atoms. The number of amides is 2. The predicted octanol–water partition coefficient (Wildman–Crippen LogP) is 2.19. The molecule has 168 valence electrons. The summed E-state index contributed by atoms with van der Waals surface area (Å²) in [6.07, 6.45) is 0. The van der Waals surface area contributed by atoms with Gasteiger partial charge in [0.2, 0.25) is 0 Å². The van der Waals surface area contributed by atoms with Crippen LogP contribution >= 0.6 is 0 Å². The number of rotatable bonds is 8. The SMILES string of the molecule is COc1ccc(OCCN2C(=O)C(c3ccc(OC)cc3)=C(N3CCOCC3)C2=O)cc1. The molecular weight excluding hydrogens is 412 g/mol. The fourth-order valence-electron chi connectivity index (χ4n) is 3.79. The highest BCUT2D eigenvalue weighted by molar-refractivity contribution is 6.35. The molecule has 1 saturated heterocycles. The lowest BCUT2D eigenvalue weighted by molar-refractivity contribution is -0.138. The minimum Gasteiger partial charge on any atom is -0.497 e. The quantitative estimate of drug-likeness (QED) is 0.585. The van der Waals surface area contributed by atoms with Crippen molar-refractivity contribution in [3.63, 3.8) is 0 Å². The number of hydrogen-bond acceptors (Lipinski definition) is 7. The molecule has 2 heterocycles. The zero-order valence-corrected chi connectivity index (χ0v) is 18.2. The van der Waals surface area contributed by atoms with Crippen molar-refractivity contribution in [3.8, 4) is 17.2 Å². The third-order valence-corrected chi connectivity index (χ3v) is 5.49. The fraction of sp³-hybridized carbons (Fsp3) is 0.333. The van der Waals surface area contributed by atoms with Crippen molar-refractivity contribution in [1.82, 2.24) is 9.80 Å². The van der Waals surface area contributed by atoms with Gasteiger partial charge in [-0.3, -0.25) is 14.5 Å². The Bertz CT molecular complexity index is 994. The van der Waals surface area contributed by atoms with Crippen molar-refractivity contribution in [2.75, 3.05) is 53.7 Å². The van der Waals surface area contributed by atoms with Crippen molar-refractivity contribution >= 4 is 17.4 Å². The molecule has 32 heavy (non-hydrogen) atoms. The molecule has 2 amide bonds. The van der Waals surface area contributed by atoms with Gasteiger partial charge in [0.05, 0.1) is 39.6 Å². The number of morpholine rings is 1. The van der Waals surface area contributed by atoms with E-state index in [0.29, 0.717) is 54.6 Å². The van der Waals surface area contributed by atoms with Gasteiger partial charge >= 0.3 is 0 Å². The number of hydrogen-bond donors (Lipinski definition) is 0. The topological polar surface area (TPSA) is 77.5 Å². The average molecular weight is 438 g/mol. The Morgan fingerprint density at radius 1 is 0.812 bits per heavy atom. The molecule has 0 saturated carbocycles. The van der Waals surface area contributed by atoms with Gasteiger partial charge in [-0.25, -0.2) is 0 Å². The number of nitrogens with zero attached hydrogens (tertiary/aromatic N) is 2. The second kappa shape index (κ2) is 9.74. The number of methoxy groups -OCH3 is 2. The Balaban J connectivity index is 1.53. The molecule has 1 fully saturated rings. The number of carbonyl (C=O) groups is 2. The summed E-state index contributed by atoms with van der Waals surface area (Å²) in [6.45, 7) is 2.49. The minimum atomic E-state index is -0.319. The highest BCUT2D eigenvalue weighted by atomic mass is 16.5. The smallest absolute Gasteiger partial charge is 0.277 e. The average Bonchev–Trinajstić information content (AvgIpc) is 3.10. The minimum absolute atomic E-state index is 0.150. The van der Waals surface area contributed by atoms with Gasteiger partial charge in [0.25, 0.3) is 11.8 Å². The first kappa shape index (κ1) is 21.7. The van der Waals surface area contributed by atoms with Crippen LogP contribution in [0.1, 0.15) is 5.56 Å². The van der Waals surface area contributed by atoms with Crippen LogP contribution in [0.2, 0.25) is 0 Å². The first-order chi connectivity index (χ1) is 15.6. The largest absolute Gasteiger partial charge is 0.497 e. The van der Waals surface area contributed by atoms with Gasteiger partial charge in [0.1, 0.15) is 29.6 Å². The van der Waals surface area contributed by atoms with E-state index in [0.717, 1.165) is 5.75 Å². The summed E-state index contributed by atoms with van der Waals surface area (Å²) in [5.74, 6) is 1.43. The lowest BCUT2D eigenvalue weighted by Gasteiger charge is -2.29. The van der Waals surface area contributed by atoms with Crippen LogP contribution in [0.4, 0.5) is 0 Å². The van der Waals surface area contributed by atoms with Crippen LogP contribution in [0.5, 0.6) is 17.2 Å². The molecule has 0 atom stereocenters. The molecule has 2 aromatic rings. The maximum absolute atomic E-state index is 13.3. The first-order valence-electron chi connectivity index (χ1n) is 10.5. The Morgan fingerprint density at radius 3 is 1.97 bits per heavy atom. The molecule has 8 heteroatoms. The molecule has 2 aliphatic heterocycles. The van der Waals surface area contributed by atoms with Gasteiger partial charge in [0.15, 0.2) is 0 Å². The maximum Gasteiger partial charge on any atom is 0.277 e. The molecule has 0 aliphatic carbocycles. The van der Waals surface area contributed by atoms with E-state index in [1.54, 1.807) is 62.8 Å². The molecule has 0 spiro atoms. The van der Waals surface area contributed by atoms with E-state index in [2.05, 4.69) is 0 Å². The first-order valence-corrected chi connectivity index (χ1v) is 10.5. The van der Waals surface area contributed by atoms with Gasteiger partial charge < -0.3 is 23.8 Å². The molecule has 0 unspecified atom stereocenters. The molecular formula is C24H26N2O6. The molecule has 4 rings (SSSR count). The van der Waals surface area contributed by atoms with Crippen LogP contribution in [0.15, 0.2) is 54.2 Å². The summed E-state index contributed by atoms with van der Waals surface area (Å²) in [7, 11) is 3.18. The van der Waals surface area contributed by atoms with Crippen molar-refractivity contribution in [3.05, 3.63) is 59.8 Å². The van der Waals surface area contributed by atoms with Crippen LogP contribution in [-0.4, -0.2) is 75.3 Å². The van der Waals surface area contributed by atoms with Gasteiger partial charge in [-0.05, 0) is 42.0 Å².